The predicted octanol–water partition coefficient (Wildman–Crippen LogP) is 3.82. The highest BCUT2D eigenvalue weighted by molar-refractivity contribution is 8.15. The number of aliphatic hydroxyl groups is 1. The first-order chi connectivity index (χ1) is 17.3. The molecule has 1 fully saturated rings. The molecule has 1 aliphatic heterocycles. The Kier molecular flexibility index (Phi) is 5.69. The fourth-order valence-electron chi connectivity index (χ4n) is 5.40. The number of thioether (sulfide) groups is 1. The maximum Gasteiger partial charge on any atom is 0.273 e. The lowest BCUT2D eigenvalue weighted by Crippen LogP contribution is -2.47. The lowest BCUT2D eigenvalue weighted by molar-refractivity contribution is 0.0124. The average Bonchev–Trinajstić information content (AvgIpc) is 3.36. The van der Waals surface area contributed by atoms with Crippen LogP contribution in [0.15, 0.2) is 41.7 Å². The Balaban J connectivity index is 1.54. The quantitative estimate of drug-likeness (QED) is 0.470. The van der Waals surface area contributed by atoms with Crippen molar-refractivity contribution >= 4 is 28.0 Å². The molecule has 37 heavy (non-hydrogen) atoms. The highest BCUT2D eigenvalue weighted by Gasteiger charge is 2.91. The summed E-state index contributed by atoms with van der Waals surface area (Å²) in [6.07, 6.45) is 8.44. The molecule has 3 atom stereocenters. The highest BCUT2D eigenvalue weighted by Crippen LogP contribution is 2.77. The molecule has 2 aromatic heterocycles. The van der Waals surface area contributed by atoms with Gasteiger partial charge in [0.25, 0.3) is 5.92 Å². The van der Waals surface area contributed by atoms with Crippen molar-refractivity contribution in [3.8, 4) is 18.2 Å². The van der Waals surface area contributed by atoms with Crippen LogP contribution in [-0.4, -0.2) is 48.1 Å². The molecule has 2 aliphatic rings. The van der Waals surface area contributed by atoms with Gasteiger partial charge in [-0.3, -0.25) is 9.98 Å². The standard InChI is InChI=1S/C26H24F3N5O2S/c1-5-10-36-19-13-32-20-17(33-19)8-9-31-18(20)12-14-6-7-16(27)15(11-14)24(4)21-25(23(2,3)35,26(21,28)29)37-22(30)34-24/h1,6-9,11,13,21,35H,10,12H2,2-4H3,(H2,30,34)/t21-,24+,25-/m0/s1. The Morgan fingerprint density at radius 1 is 1.27 bits per heavy atom. The minimum atomic E-state index is -3.33. The summed E-state index contributed by atoms with van der Waals surface area (Å²) in [4.78, 5) is 17.5. The van der Waals surface area contributed by atoms with Crippen molar-refractivity contribution in [3.63, 3.8) is 0 Å². The number of benzene rings is 1. The summed E-state index contributed by atoms with van der Waals surface area (Å²) in [7, 11) is 0. The molecule has 3 N–H and O–H groups in total. The topological polar surface area (TPSA) is 107 Å². The van der Waals surface area contributed by atoms with Gasteiger partial charge in [-0.25, -0.2) is 23.1 Å². The van der Waals surface area contributed by atoms with E-state index < -0.39 is 33.5 Å². The van der Waals surface area contributed by atoms with Gasteiger partial charge in [0.15, 0.2) is 11.8 Å². The number of nitrogens with zero attached hydrogens (tertiary/aromatic N) is 4. The van der Waals surface area contributed by atoms with Crippen molar-refractivity contribution in [1.82, 2.24) is 15.0 Å². The van der Waals surface area contributed by atoms with E-state index >= 15 is 13.2 Å². The van der Waals surface area contributed by atoms with Gasteiger partial charge in [-0.15, -0.1) is 6.42 Å². The van der Waals surface area contributed by atoms with Gasteiger partial charge in [-0.05, 0) is 38.5 Å². The monoisotopic (exact) mass is 527 g/mol. The summed E-state index contributed by atoms with van der Waals surface area (Å²) < 4.78 is 49.4. The number of ether oxygens (including phenoxy) is 1. The molecule has 0 saturated heterocycles. The molecule has 0 bridgehead atoms. The Morgan fingerprint density at radius 2 is 2.03 bits per heavy atom. The van der Waals surface area contributed by atoms with Gasteiger partial charge in [-0.1, -0.05) is 29.8 Å². The van der Waals surface area contributed by atoms with Gasteiger partial charge < -0.3 is 15.6 Å². The van der Waals surface area contributed by atoms with Crippen LogP contribution in [0, 0.1) is 24.1 Å². The second kappa shape index (κ2) is 8.33. The summed E-state index contributed by atoms with van der Waals surface area (Å²) in [6, 6.07) is 5.95. The fraction of sp³-hybridized carbons (Fsp3) is 0.385. The van der Waals surface area contributed by atoms with Gasteiger partial charge >= 0.3 is 0 Å². The number of aromatic nitrogens is 3. The lowest BCUT2D eigenvalue weighted by atomic mass is 9.82. The molecule has 0 spiro atoms. The number of terminal acetylenes is 1. The SMILES string of the molecule is C#CCOc1cnc2c(Cc3ccc(F)c([C@@]4(C)N=C(N)S[C@]5(C(C)(C)O)[C@H]4C5(F)F)c3)nccc2n1. The van der Waals surface area contributed by atoms with Gasteiger partial charge in [-0.2, -0.15) is 0 Å². The summed E-state index contributed by atoms with van der Waals surface area (Å²) in [6.45, 7) is 4.12. The van der Waals surface area contributed by atoms with E-state index in [4.69, 9.17) is 16.9 Å². The zero-order valence-corrected chi connectivity index (χ0v) is 21.1. The van der Waals surface area contributed by atoms with E-state index in [1.54, 1.807) is 18.3 Å². The third-order valence-corrected chi connectivity index (χ3v) is 8.65. The minimum absolute atomic E-state index is 0.0275. The van der Waals surface area contributed by atoms with Crippen molar-refractivity contribution in [1.29, 1.82) is 0 Å². The molecule has 1 aliphatic carbocycles. The van der Waals surface area contributed by atoms with E-state index in [1.807, 2.05) is 0 Å². The number of halogens is 3. The average molecular weight is 528 g/mol. The molecule has 0 amide bonds. The van der Waals surface area contributed by atoms with Crippen molar-refractivity contribution in [2.75, 3.05) is 6.61 Å². The molecule has 1 saturated carbocycles. The molecular weight excluding hydrogens is 503 g/mol. The zero-order chi connectivity index (χ0) is 26.8. The highest BCUT2D eigenvalue weighted by atomic mass is 32.2. The van der Waals surface area contributed by atoms with Gasteiger partial charge in [0.1, 0.15) is 16.1 Å². The lowest BCUT2D eigenvalue weighted by Gasteiger charge is -2.37. The smallest absolute Gasteiger partial charge is 0.273 e. The maximum atomic E-state index is 15.4. The Labute approximate surface area is 215 Å². The molecule has 1 aromatic carbocycles. The summed E-state index contributed by atoms with van der Waals surface area (Å²) in [5.41, 5.74) is 4.67. The van der Waals surface area contributed by atoms with Gasteiger partial charge in [0, 0.05) is 18.2 Å². The van der Waals surface area contributed by atoms with Crippen LogP contribution in [0.4, 0.5) is 13.2 Å². The minimum Gasteiger partial charge on any atom is -0.463 e. The van der Waals surface area contributed by atoms with Crippen molar-refractivity contribution < 1.29 is 23.0 Å². The number of fused-ring (bicyclic) bond motifs is 2. The number of rotatable bonds is 6. The molecule has 5 rings (SSSR count). The van der Waals surface area contributed by atoms with Crippen LogP contribution in [0.2, 0.25) is 0 Å². The third kappa shape index (κ3) is 3.73. The number of amidine groups is 1. The summed E-state index contributed by atoms with van der Waals surface area (Å²) in [5.74, 6) is -2.85. The first-order valence-electron chi connectivity index (χ1n) is 11.5. The first kappa shape index (κ1) is 25.3. The van der Waals surface area contributed by atoms with Gasteiger partial charge in [0.2, 0.25) is 5.88 Å². The Morgan fingerprint density at radius 3 is 2.73 bits per heavy atom. The molecule has 3 aromatic rings. The summed E-state index contributed by atoms with van der Waals surface area (Å²) >= 11 is 0.653. The van der Waals surface area contributed by atoms with E-state index in [9.17, 15) is 5.11 Å². The van der Waals surface area contributed by atoms with E-state index in [0.29, 0.717) is 34.1 Å². The molecular formula is C26H24F3N5O2S. The van der Waals surface area contributed by atoms with Gasteiger partial charge in [0.05, 0.1) is 34.5 Å². The third-order valence-electron chi connectivity index (χ3n) is 7.02. The van der Waals surface area contributed by atoms with Crippen LogP contribution >= 0.6 is 11.8 Å². The van der Waals surface area contributed by atoms with Crippen molar-refractivity contribution in [2.24, 2.45) is 16.6 Å². The number of pyridine rings is 1. The van der Waals surface area contributed by atoms with E-state index in [1.165, 1.54) is 39.1 Å². The van der Waals surface area contributed by atoms with E-state index in [0.717, 1.165) is 0 Å². The number of hydrogen-bond donors (Lipinski definition) is 2. The molecule has 0 unspecified atom stereocenters. The molecule has 11 heteroatoms. The fourth-order valence-corrected chi connectivity index (χ4v) is 6.91. The molecule has 3 heterocycles. The number of hydrogen-bond acceptors (Lipinski definition) is 8. The molecule has 0 radical (unpaired) electrons. The second-order valence-corrected chi connectivity index (χ2v) is 11.1. The first-order valence-corrected chi connectivity index (χ1v) is 12.3. The predicted molar refractivity (Wildman–Crippen MR) is 135 cm³/mol. The zero-order valence-electron chi connectivity index (χ0n) is 20.3. The van der Waals surface area contributed by atoms with Crippen molar-refractivity contribution in [3.05, 3.63) is 59.3 Å². The summed E-state index contributed by atoms with van der Waals surface area (Å²) in [5, 5.41) is 10.6. The normalized spacial score (nSPS) is 26.2. The van der Waals surface area contributed by atoms with Crippen molar-refractivity contribution in [2.45, 2.75) is 49.0 Å². The number of aliphatic imine (C=N–C) groups is 1. The molecule has 7 nitrogen and oxygen atoms in total. The van der Waals surface area contributed by atoms with E-state index in [2.05, 4.69) is 25.9 Å². The Hall–Kier alpha value is -3.36. The van der Waals surface area contributed by atoms with Crippen LogP contribution in [-0.2, 0) is 12.0 Å². The van der Waals surface area contributed by atoms with Crippen LogP contribution in [0.5, 0.6) is 5.88 Å². The molecule has 192 valence electrons. The number of alkyl halides is 2. The van der Waals surface area contributed by atoms with Crippen LogP contribution < -0.4 is 10.5 Å². The second-order valence-electron chi connectivity index (χ2n) is 9.87. The van der Waals surface area contributed by atoms with Crippen LogP contribution in [0.25, 0.3) is 11.0 Å². The van der Waals surface area contributed by atoms with Crippen LogP contribution in [0.1, 0.15) is 37.6 Å². The van der Waals surface area contributed by atoms with E-state index in [-0.39, 0.29) is 29.6 Å². The maximum absolute atomic E-state index is 15.4. The Bertz CT molecular complexity index is 1490. The largest absolute Gasteiger partial charge is 0.463 e. The number of nitrogens with two attached hydrogens (primary N) is 1. The van der Waals surface area contributed by atoms with Crippen LogP contribution in [0.3, 0.4) is 0 Å².